The third kappa shape index (κ3) is 4.48. The third-order valence-electron chi connectivity index (χ3n) is 3.66. The molecule has 0 saturated heterocycles. The summed E-state index contributed by atoms with van der Waals surface area (Å²) in [4.78, 5) is 16.3. The van der Waals surface area contributed by atoms with Crippen molar-refractivity contribution in [1.82, 2.24) is 0 Å². The van der Waals surface area contributed by atoms with Crippen molar-refractivity contribution in [2.75, 3.05) is 6.61 Å². The van der Waals surface area contributed by atoms with Gasteiger partial charge in [0.05, 0.1) is 6.61 Å². The van der Waals surface area contributed by atoms with Gasteiger partial charge in [0.25, 0.3) is 0 Å². The van der Waals surface area contributed by atoms with Crippen LogP contribution >= 0.6 is 11.6 Å². The number of unbranched alkanes of at least 4 members (excludes halogenated alkanes) is 1. The van der Waals surface area contributed by atoms with Gasteiger partial charge in [-0.25, -0.2) is 9.79 Å². The van der Waals surface area contributed by atoms with E-state index in [2.05, 4.69) is 11.9 Å². The highest BCUT2D eigenvalue weighted by atomic mass is 35.5. The maximum atomic E-state index is 12.0. The molecule has 0 spiro atoms. The Morgan fingerprint density at radius 2 is 1.84 bits per heavy atom. The molecule has 128 valence electrons. The minimum Gasteiger partial charge on any atom is -0.494 e. The summed E-state index contributed by atoms with van der Waals surface area (Å²) in [5.74, 6) is 0.623. The molecule has 0 amide bonds. The van der Waals surface area contributed by atoms with E-state index in [1.165, 1.54) is 0 Å². The molecular weight excluding hydrogens is 338 g/mol. The Hall–Kier alpha value is -2.59. The zero-order chi connectivity index (χ0) is 17.6. The lowest BCUT2D eigenvalue weighted by molar-refractivity contribution is -0.129. The Kier molecular flexibility index (Phi) is 5.51. The Morgan fingerprint density at radius 1 is 1.12 bits per heavy atom. The van der Waals surface area contributed by atoms with E-state index in [0.717, 1.165) is 29.7 Å². The second kappa shape index (κ2) is 7.99. The first-order valence-electron chi connectivity index (χ1n) is 8.17. The predicted octanol–water partition coefficient (Wildman–Crippen LogP) is 4.86. The highest BCUT2D eigenvalue weighted by molar-refractivity contribution is 6.30. The molecule has 0 aromatic heterocycles. The molecule has 2 aromatic rings. The van der Waals surface area contributed by atoms with Crippen LogP contribution in [-0.2, 0) is 9.53 Å². The smallest absolute Gasteiger partial charge is 0.363 e. The van der Waals surface area contributed by atoms with E-state index >= 15 is 0 Å². The van der Waals surface area contributed by atoms with Crippen LogP contribution in [0.3, 0.4) is 0 Å². The molecule has 4 nitrogen and oxygen atoms in total. The number of hydrogen-bond donors (Lipinski definition) is 0. The molecule has 2 aromatic carbocycles. The number of cyclic esters (lactones) is 1. The summed E-state index contributed by atoms with van der Waals surface area (Å²) in [7, 11) is 0. The molecule has 0 saturated carbocycles. The van der Waals surface area contributed by atoms with Crippen LogP contribution in [0.15, 0.2) is 59.2 Å². The van der Waals surface area contributed by atoms with Crippen LogP contribution in [-0.4, -0.2) is 18.5 Å². The molecule has 5 heteroatoms. The molecule has 25 heavy (non-hydrogen) atoms. The molecular formula is C20H18ClNO3. The topological polar surface area (TPSA) is 47.9 Å². The van der Waals surface area contributed by atoms with Crippen LogP contribution in [0.25, 0.3) is 6.08 Å². The van der Waals surface area contributed by atoms with Gasteiger partial charge in [0.1, 0.15) is 5.75 Å². The van der Waals surface area contributed by atoms with E-state index in [1.54, 1.807) is 18.2 Å². The Labute approximate surface area is 151 Å². The van der Waals surface area contributed by atoms with E-state index < -0.39 is 5.97 Å². The lowest BCUT2D eigenvalue weighted by Gasteiger charge is -2.05. The number of carbonyl (C=O) groups excluding carboxylic acids is 1. The van der Waals surface area contributed by atoms with E-state index in [1.807, 2.05) is 36.4 Å². The van der Waals surface area contributed by atoms with E-state index in [0.29, 0.717) is 17.5 Å². The number of ether oxygens (including phenoxy) is 2. The van der Waals surface area contributed by atoms with Gasteiger partial charge in [-0.3, -0.25) is 0 Å². The summed E-state index contributed by atoms with van der Waals surface area (Å²) in [6.07, 6.45) is 3.78. The summed E-state index contributed by atoms with van der Waals surface area (Å²) < 4.78 is 10.9. The third-order valence-corrected chi connectivity index (χ3v) is 3.91. The zero-order valence-corrected chi connectivity index (χ0v) is 14.6. The number of aliphatic imine (C=N–C) groups is 1. The van der Waals surface area contributed by atoms with Gasteiger partial charge in [-0.05, 0) is 54.5 Å². The van der Waals surface area contributed by atoms with E-state index in [-0.39, 0.29) is 5.70 Å². The Morgan fingerprint density at radius 3 is 2.52 bits per heavy atom. The van der Waals surface area contributed by atoms with Crippen molar-refractivity contribution in [3.8, 4) is 5.75 Å². The average Bonchev–Trinajstić information content (AvgIpc) is 2.98. The average molecular weight is 356 g/mol. The fraction of sp³-hybridized carbons (Fsp3) is 0.200. The maximum absolute atomic E-state index is 12.0. The minimum absolute atomic E-state index is 0.264. The van der Waals surface area contributed by atoms with Gasteiger partial charge in [0.15, 0.2) is 5.70 Å². The van der Waals surface area contributed by atoms with Gasteiger partial charge >= 0.3 is 5.97 Å². The van der Waals surface area contributed by atoms with Gasteiger partial charge in [-0.2, -0.15) is 0 Å². The molecule has 1 heterocycles. The second-order valence-corrected chi connectivity index (χ2v) is 6.05. The number of esters is 1. The van der Waals surface area contributed by atoms with E-state index in [9.17, 15) is 4.79 Å². The lowest BCUT2D eigenvalue weighted by Crippen LogP contribution is -2.05. The van der Waals surface area contributed by atoms with Crippen molar-refractivity contribution in [2.45, 2.75) is 19.8 Å². The fourth-order valence-electron chi connectivity index (χ4n) is 2.28. The van der Waals surface area contributed by atoms with Crippen molar-refractivity contribution >= 4 is 29.5 Å². The molecule has 1 aliphatic heterocycles. The van der Waals surface area contributed by atoms with Crippen molar-refractivity contribution < 1.29 is 14.3 Å². The quantitative estimate of drug-likeness (QED) is 0.422. The normalized spacial score (nSPS) is 15.2. The van der Waals surface area contributed by atoms with Crippen LogP contribution in [0.4, 0.5) is 0 Å². The Balaban J connectivity index is 1.74. The van der Waals surface area contributed by atoms with Gasteiger partial charge < -0.3 is 9.47 Å². The van der Waals surface area contributed by atoms with Gasteiger partial charge in [0, 0.05) is 10.6 Å². The molecule has 1 aliphatic rings. The number of rotatable bonds is 6. The molecule has 3 rings (SSSR count). The number of hydrogen-bond acceptors (Lipinski definition) is 4. The first kappa shape index (κ1) is 17.2. The summed E-state index contributed by atoms with van der Waals surface area (Å²) in [5, 5.41) is 0.640. The van der Waals surface area contributed by atoms with Gasteiger partial charge in [0.2, 0.25) is 5.90 Å². The number of halogens is 1. The summed E-state index contributed by atoms with van der Waals surface area (Å²) >= 11 is 5.86. The number of benzene rings is 2. The molecule has 0 fully saturated rings. The van der Waals surface area contributed by atoms with Crippen LogP contribution in [0.1, 0.15) is 30.9 Å². The van der Waals surface area contributed by atoms with Crippen LogP contribution in [0.5, 0.6) is 5.75 Å². The molecule has 0 N–H and O–H groups in total. The first-order valence-corrected chi connectivity index (χ1v) is 8.55. The molecule has 0 bridgehead atoms. The highest BCUT2D eigenvalue weighted by Gasteiger charge is 2.24. The largest absolute Gasteiger partial charge is 0.494 e. The van der Waals surface area contributed by atoms with Crippen molar-refractivity contribution in [1.29, 1.82) is 0 Å². The van der Waals surface area contributed by atoms with Crippen molar-refractivity contribution in [3.05, 3.63) is 70.4 Å². The molecule has 0 unspecified atom stereocenters. The second-order valence-electron chi connectivity index (χ2n) is 5.61. The van der Waals surface area contributed by atoms with Crippen LogP contribution in [0.2, 0.25) is 5.02 Å². The SMILES string of the molecule is CCCCOc1ccc(C2=N/C(=C/c3ccc(Cl)cc3)C(=O)O2)cc1. The first-order chi connectivity index (χ1) is 12.2. The Bertz CT molecular complexity index is 808. The minimum atomic E-state index is -0.465. The van der Waals surface area contributed by atoms with Crippen LogP contribution in [0, 0.1) is 0 Å². The van der Waals surface area contributed by atoms with Gasteiger partial charge in [-0.15, -0.1) is 0 Å². The summed E-state index contributed by atoms with van der Waals surface area (Å²) in [6, 6.07) is 14.5. The molecule has 0 radical (unpaired) electrons. The molecule has 0 aliphatic carbocycles. The highest BCUT2D eigenvalue weighted by Crippen LogP contribution is 2.21. The summed E-state index contributed by atoms with van der Waals surface area (Å²) in [5.41, 5.74) is 1.83. The fourth-order valence-corrected chi connectivity index (χ4v) is 2.40. The van der Waals surface area contributed by atoms with Gasteiger partial charge in [-0.1, -0.05) is 37.1 Å². The van der Waals surface area contributed by atoms with Crippen LogP contribution < -0.4 is 4.74 Å². The number of nitrogens with zero attached hydrogens (tertiary/aromatic N) is 1. The monoisotopic (exact) mass is 355 g/mol. The predicted molar refractivity (Wildman–Crippen MR) is 98.9 cm³/mol. The standard InChI is InChI=1S/C20H18ClNO3/c1-2-3-12-24-17-10-6-15(7-11-17)19-22-18(20(23)25-19)13-14-4-8-16(21)9-5-14/h4-11,13H,2-3,12H2,1H3/b18-13+. The summed E-state index contributed by atoms with van der Waals surface area (Å²) in [6.45, 7) is 2.81. The van der Waals surface area contributed by atoms with Crippen molar-refractivity contribution in [3.63, 3.8) is 0 Å². The van der Waals surface area contributed by atoms with E-state index in [4.69, 9.17) is 21.1 Å². The zero-order valence-electron chi connectivity index (χ0n) is 13.9. The molecule has 0 atom stereocenters. The number of carbonyl (C=O) groups is 1. The maximum Gasteiger partial charge on any atom is 0.363 e. The van der Waals surface area contributed by atoms with Crippen molar-refractivity contribution in [2.24, 2.45) is 4.99 Å². The lowest BCUT2D eigenvalue weighted by atomic mass is 10.2.